The van der Waals surface area contributed by atoms with Crippen molar-refractivity contribution in [2.75, 3.05) is 18.9 Å². The number of quaternary nitrogens is 1. The summed E-state index contributed by atoms with van der Waals surface area (Å²) >= 11 is 0. The van der Waals surface area contributed by atoms with Gasteiger partial charge in [0, 0.05) is 12.1 Å². The van der Waals surface area contributed by atoms with Crippen LogP contribution in [0.4, 0.5) is 5.82 Å². The third-order valence-electron chi connectivity index (χ3n) is 3.36. The topological polar surface area (TPSA) is 133 Å². The quantitative estimate of drug-likeness (QED) is 0.632. The third kappa shape index (κ3) is 3.81. The van der Waals surface area contributed by atoms with Gasteiger partial charge in [0.2, 0.25) is 0 Å². The largest absolute Gasteiger partial charge is 0.456 e. The van der Waals surface area contributed by atoms with E-state index in [9.17, 15) is 9.59 Å². The monoisotopic (exact) mass is 313 g/mol. The van der Waals surface area contributed by atoms with Crippen LogP contribution in [0.1, 0.15) is 20.1 Å². The predicted molar refractivity (Wildman–Crippen MR) is 75.2 cm³/mol. The second-order valence-corrected chi connectivity index (χ2v) is 5.38. The van der Waals surface area contributed by atoms with Gasteiger partial charge in [0.15, 0.2) is 18.6 Å². The summed E-state index contributed by atoms with van der Waals surface area (Å²) in [4.78, 5) is 27.0. The van der Waals surface area contributed by atoms with E-state index in [1.54, 1.807) is 0 Å². The molecule has 0 saturated carbocycles. The molecule has 9 nitrogen and oxygen atoms in total. The number of ether oxygens (including phenoxy) is 3. The van der Waals surface area contributed by atoms with E-state index in [-0.39, 0.29) is 24.9 Å². The lowest BCUT2D eigenvalue weighted by atomic mass is 10.1. The molecule has 2 heterocycles. The number of rotatable bonds is 5. The maximum Gasteiger partial charge on any atom is 0.365 e. The van der Waals surface area contributed by atoms with Crippen LogP contribution >= 0.6 is 0 Å². The van der Waals surface area contributed by atoms with Crippen LogP contribution in [0.3, 0.4) is 0 Å². The Balaban J connectivity index is 1.88. The van der Waals surface area contributed by atoms with Crippen molar-refractivity contribution in [2.24, 2.45) is 5.92 Å². The van der Waals surface area contributed by atoms with Crippen LogP contribution in [0.25, 0.3) is 0 Å². The maximum absolute atomic E-state index is 11.7. The Bertz CT molecular complexity index is 588. The average Bonchev–Trinajstić information content (AvgIpc) is 2.92. The summed E-state index contributed by atoms with van der Waals surface area (Å²) in [5.74, 6) is -0.178. The minimum absolute atomic E-state index is 0.0504. The van der Waals surface area contributed by atoms with Gasteiger partial charge >= 0.3 is 11.7 Å². The third-order valence-corrected chi connectivity index (χ3v) is 3.36. The lowest BCUT2D eigenvalue weighted by Gasteiger charge is -2.15. The highest BCUT2D eigenvalue weighted by Crippen LogP contribution is 2.19. The molecule has 0 bridgehead atoms. The van der Waals surface area contributed by atoms with Gasteiger partial charge in [0.25, 0.3) is 0 Å². The minimum Gasteiger partial charge on any atom is -0.456 e. The first-order valence-electron chi connectivity index (χ1n) is 7.00. The molecule has 1 fully saturated rings. The van der Waals surface area contributed by atoms with Crippen LogP contribution in [-0.4, -0.2) is 41.1 Å². The number of hydrogen-bond acceptors (Lipinski definition) is 7. The minimum atomic E-state index is -0.724. The molecule has 122 valence electrons. The Morgan fingerprint density at radius 1 is 1.64 bits per heavy atom. The summed E-state index contributed by atoms with van der Waals surface area (Å²) in [5.41, 5.74) is 8.65. The van der Waals surface area contributed by atoms with Crippen molar-refractivity contribution in [3.05, 3.63) is 22.7 Å². The van der Waals surface area contributed by atoms with Gasteiger partial charge in [-0.15, -0.1) is 0 Å². The molecule has 0 radical (unpaired) electrons. The first-order valence-corrected chi connectivity index (χ1v) is 7.00. The number of carbonyl (C=O) groups excluding carboxylic acids is 1. The second-order valence-electron chi connectivity index (χ2n) is 5.38. The van der Waals surface area contributed by atoms with E-state index in [1.807, 2.05) is 13.8 Å². The van der Waals surface area contributed by atoms with Gasteiger partial charge in [-0.25, -0.2) is 9.59 Å². The van der Waals surface area contributed by atoms with Crippen molar-refractivity contribution in [3.8, 4) is 0 Å². The van der Waals surface area contributed by atoms with Crippen LogP contribution < -0.4 is 17.2 Å². The van der Waals surface area contributed by atoms with Crippen molar-refractivity contribution >= 4 is 11.8 Å². The molecule has 5 N–H and O–H groups in total. The van der Waals surface area contributed by atoms with Gasteiger partial charge in [-0.3, -0.25) is 4.57 Å². The summed E-state index contributed by atoms with van der Waals surface area (Å²) in [7, 11) is 0. The van der Waals surface area contributed by atoms with Gasteiger partial charge in [-0.2, -0.15) is 4.98 Å². The highest BCUT2D eigenvalue weighted by molar-refractivity contribution is 5.74. The number of esters is 1. The zero-order chi connectivity index (χ0) is 16.3. The van der Waals surface area contributed by atoms with Crippen LogP contribution in [0.5, 0.6) is 0 Å². The normalized spacial score (nSPS) is 22.7. The van der Waals surface area contributed by atoms with E-state index in [2.05, 4.69) is 10.7 Å². The first kappa shape index (κ1) is 16.4. The van der Waals surface area contributed by atoms with E-state index >= 15 is 0 Å². The molecule has 9 heteroatoms. The predicted octanol–water partition coefficient (Wildman–Crippen LogP) is -1.49. The number of nitrogen functional groups attached to an aromatic ring is 1. The summed E-state index contributed by atoms with van der Waals surface area (Å²) in [6.07, 6.45) is 0.139. The number of nitrogens with two attached hydrogens (primary N) is 1. The number of anilines is 1. The Labute approximate surface area is 127 Å². The molecular weight excluding hydrogens is 292 g/mol. The molecule has 1 saturated heterocycles. The maximum atomic E-state index is 11.7. The lowest BCUT2D eigenvalue weighted by Crippen LogP contribution is -2.67. The SMILES string of the molecule is CC(C)C([NH3+])C(=O)OC[C@H]1OC[C@@H](n2ccc(N)nc2=O)O1. The fourth-order valence-corrected chi connectivity index (χ4v) is 1.85. The van der Waals surface area contributed by atoms with E-state index in [0.717, 1.165) is 0 Å². The molecule has 0 amide bonds. The van der Waals surface area contributed by atoms with Crippen LogP contribution in [0.15, 0.2) is 17.1 Å². The van der Waals surface area contributed by atoms with E-state index < -0.39 is 30.2 Å². The summed E-state index contributed by atoms with van der Waals surface area (Å²) < 4.78 is 17.3. The second kappa shape index (κ2) is 6.86. The molecule has 1 unspecified atom stereocenters. The molecule has 0 aromatic carbocycles. The molecule has 22 heavy (non-hydrogen) atoms. The average molecular weight is 313 g/mol. The summed E-state index contributed by atoms with van der Waals surface area (Å²) in [6.45, 7) is 3.88. The van der Waals surface area contributed by atoms with Crippen molar-refractivity contribution in [1.29, 1.82) is 0 Å². The Kier molecular flexibility index (Phi) is 5.11. The van der Waals surface area contributed by atoms with Gasteiger partial charge in [-0.1, -0.05) is 13.8 Å². The Morgan fingerprint density at radius 3 is 3.00 bits per heavy atom. The highest BCUT2D eigenvalue weighted by Gasteiger charge is 2.31. The molecule has 2 rings (SSSR count). The fourth-order valence-electron chi connectivity index (χ4n) is 1.85. The molecule has 1 aromatic rings. The zero-order valence-corrected chi connectivity index (χ0v) is 12.6. The highest BCUT2D eigenvalue weighted by atomic mass is 16.7. The van der Waals surface area contributed by atoms with Crippen molar-refractivity contribution < 1.29 is 24.7 Å². The van der Waals surface area contributed by atoms with Crippen molar-refractivity contribution in [2.45, 2.75) is 32.4 Å². The Morgan fingerprint density at radius 2 is 2.36 bits per heavy atom. The standard InChI is InChI=1S/C13H20N4O5/c1-7(2)11(15)12(18)21-6-10-20-5-9(22-10)17-4-3-8(14)16-13(17)19/h3-4,7,9-11H,5-6,15H2,1-2H3,(H2,14,16,19)/p+1/t9-,10-,11?/m0/s1. The van der Waals surface area contributed by atoms with E-state index in [0.29, 0.717) is 0 Å². The summed E-state index contributed by atoms with van der Waals surface area (Å²) in [5, 5.41) is 0. The smallest absolute Gasteiger partial charge is 0.365 e. The Hall–Kier alpha value is -1.97. The molecule has 0 aliphatic carbocycles. The molecule has 1 aromatic heterocycles. The molecule has 0 spiro atoms. The zero-order valence-electron chi connectivity index (χ0n) is 12.6. The van der Waals surface area contributed by atoms with Crippen molar-refractivity contribution in [1.82, 2.24) is 9.55 Å². The van der Waals surface area contributed by atoms with Crippen LogP contribution in [-0.2, 0) is 19.0 Å². The van der Waals surface area contributed by atoms with Gasteiger partial charge in [-0.05, 0) is 6.07 Å². The molecular formula is C13H21N4O5+. The van der Waals surface area contributed by atoms with E-state index in [1.165, 1.54) is 16.8 Å². The van der Waals surface area contributed by atoms with Crippen LogP contribution in [0, 0.1) is 5.92 Å². The van der Waals surface area contributed by atoms with Gasteiger partial charge < -0.3 is 25.7 Å². The molecule has 1 aliphatic heterocycles. The number of carbonyl (C=O) groups is 1. The first-order chi connectivity index (χ1) is 10.4. The van der Waals surface area contributed by atoms with Gasteiger partial charge in [0.05, 0.1) is 6.61 Å². The summed E-state index contributed by atoms with van der Waals surface area (Å²) in [6, 6.07) is 1.05. The molecule has 1 aliphatic rings. The van der Waals surface area contributed by atoms with Crippen LogP contribution in [0.2, 0.25) is 0 Å². The molecule has 3 atom stereocenters. The van der Waals surface area contributed by atoms with E-state index in [4.69, 9.17) is 19.9 Å². The van der Waals surface area contributed by atoms with Crippen molar-refractivity contribution in [3.63, 3.8) is 0 Å². The number of aromatic nitrogens is 2. The number of hydrogen-bond donors (Lipinski definition) is 2. The fraction of sp³-hybridized carbons (Fsp3) is 0.615. The number of nitrogens with zero attached hydrogens (tertiary/aromatic N) is 2. The van der Waals surface area contributed by atoms with Gasteiger partial charge in [0.1, 0.15) is 12.4 Å². The lowest BCUT2D eigenvalue weighted by molar-refractivity contribution is -0.419.